The Morgan fingerprint density at radius 1 is 1.41 bits per heavy atom. The van der Waals surface area contributed by atoms with Crippen molar-refractivity contribution in [3.63, 3.8) is 0 Å². The fraction of sp³-hybridized carbons (Fsp3) is 0.308. The van der Waals surface area contributed by atoms with Crippen molar-refractivity contribution in [3.8, 4) is 0 Å². The lowest BCUT2D eigenvalue weighted by Gasteiger charge is -2.15. The highest BCUT2D eigenvalue weighted by Crippen LogP contribution is 2.05. The molecule has 4 nitrogen and oxygen atoms in total. The lowest BCUT2D eigenvalue weighted by Crippen LogP contribution is -2.24. The number of carbonyl (C=O) groups excluding carboxylic acids is 1. The fourth-order valence-electron chi connectivity index (χ4n) is 1.37. The van der Waals surface area contributed by atoms with Crippen LogP contribution in [0.4, 0.5) is 0 Å². The third kappa shape index (κ3) is 4.80. The first-order valence-corrected chi connectivity index (χ1v) is 5.46. The van der Waals surface area contributed by atoms with E-state index in [0.717, 1.165) is 10.6 Å². The number of esters is 1. The molecule has 1 aromatic rings. The highest BCUT2D eigenvalue weighted by molar-refractivity contribution is 5.88. The van der Waals surface area contributed by atoms with Crippen LogP contribution in [0.25, 0.3) is 0 Å². The van der Waals surface area contributed by atoms with Crippen LogP contribution in [-0.2, 0) is 16.1 Å². The van der Waals surface area contributed by atoms with Crippen molar-refractivity contribution in [2.45, 2.75) is 13.5 Å². The lowest BCUT2D eigenvalue weighted by molar-refractivity contribution is -0.141. The number of benzene rings is 1. The van der Waals surface area contributed by atoms with E-state index in [1.807, 2.05) is 30.3 Å². The summed E-state index contributed by atoms with van der Waals surface area (Å²) in [5.74, 6) is -0.473. The zero-order valence-electron chi connectivity index (χ0n) is 9.93. The maximum Gasteiger partial charge on any atom is 0.334 e. The van der Waals surface area contributed by atoms with Gasteiger partial charge in [0.1, 0.15) is 0 Å². The SMILES string of the molecule is C=C(CN(O)Cc1ccccc1)C(=O)OCC. The molecule has 0 atom stereocenters. The Labute approximate surface area is 101 Å². The van der Waals surface area contributed by atoms with Gasteiger partial charge in [-0.25, -0.2) is 4.79 Å². The second-order valence-electron chi connectivity index (χ2n) is 3.63. The predicted molar refractivity (Wildman–Crippen MR) is 64.4 cm³/mol. The molecule has 0 heterocycles. The third-order valence-corrected chi connectivity index (χ3v) is 2.15. The van der Waals surface area contributed by atoms with Gasteiger partial charge in [0.2, 0.25) is 0 Å². The van der Waals surface area contributed by atoms with Gasteiger partial charge in [0.05, 0.1) is 13.2 Å². The van der Waals surface area contributed by atoms with E-state index in [0.29, 0.717) is 13.2 Å². The molecular weight excluding hydrogens is 218 g/mol. The molecule has 0 unspecified atom stereocenters. The standard InChI is InChI=1S/C13H17NO3/c1-3-17-13(15)11(2)9-14(16)10-12-7-5-4-6-8-12/h4-8,16H,2-3,9-10H2,1H3. The van der Waals surface area contributed by atoms with E-state index in [9.17, 15) is 10.0 Å². The summed E-state index contributed by atoms with van der Waals surface area (Å²) in [6.45, 7) is 6.04. The van der Waals surface area contributed by atoms with Crippen molar-refractivity contribution in [3.05, 3.63) is 48.0 Å². The van der Waals surface area contributed by atoms with Crippen LogP contribution in [0.2, 0.25) is 0 Å². The number of rotatable bonds is 6. The molecule has 0 fully saturated rings. The van der Waals surface area contributed by atoms with Crippen LogP contribution in [0.5, 0.6) is 0 Å². The Balaban J connectivity index is 2.42. The molecule has 0 aliphatic heterocycles. The summed E-state index contributed by atoms with van der Waals surface area (Å²) in [5, 5.41) is 10.7. The molecule has 92 valence electrons. The Morgan fingerprint density at radius 3 is 2.65 bits per heavy atom. The molecule has 4 heteroatoms. The monoisotopic (exact) mass is 235 g/mol. The fourth-order valence-corrected chi connectivity index (χ4v) is 1.37. The van der Waals surface area contributed by atoms with Gasteiger partial charge < -0.3 is 9.94 Å². The topological polar surface area (TPSA) is 49.8 Å². The first-order valence-electron chi connectivity index (χ1n) is 5.46. The van der Waals surface area contributed by atoms with Gasteiger partial charge in [0.15, 0.2) is 0 Å². The zero-order chi connectivity index (χ0) is 12.7. The van der Waals surface area contributed by atoms with Crippen LogP contribution in [0.15, 0.2) is 42.5 Å². The zero-order valence-corrected chi connectivity index (χ0v) is 9.93. The highest BCUT2D eigenvalue weighted by atomic mass is 16.5. The van der Waals surface area contributed by atoms with E-state index in [-0.39, 0.29) is 12.1 Å². The Bertz CT molecular complexity index is 376. The largest absolute Gasteiger partial charge is 0.463 e. The second kappa shape index (κ2) is 6.83. The molecule has 1 aromatic carbocycles. The molecule has 0 spiro atoms. The van der Waals surface area contributed by atoms with E-state index in [4.69, 9.17) is 4.74 Å². The Kier molecular flexibility index (Phi) is 5.39. The summed E-state index contributed by atoms with van der Waals surface area (Å²) in [6.07, 6.45) is 0. The molecule has 1 N–H and O–H groups in total. The summed E-state index contributed by atoms with van der Waals surface area (Å²) in [6, 6.07) is 9.49. The third-order valence-electron chi connectivity index (χ3n) is 2.15. The molecule has 0 radical (unpaired) electrons. The van der Waals surface area contributed by atoms with Gasteiger partial charge in [-0.05, 0) is 12.5 Å². The van der Waals surface area contributed by atoms with Gasteiger partial charge in [0, 0.05) is 12.1 Å². The van der Waals surface area contributed by atoms with Crippen molar-refractivity contribution >= 4 is 5.97 Å². The van der Waals surface area contributed by atoms with Crippen LogP contribution in [0.3, 0.4) is 0 Å². The van der Waals surface area contributed by atoms with Crippen LogP contribution in [0.1, 0.15) is 12.5 Å². The van der Waals surface area contributed by atoms with Gasteiger partial charge >= 0.3 is 5.97 Å². The van der Waals surface area contributed by atoms with Gasteiger partial charge in [-0.2, -0.15) is 5.06 Å². The average Bonchev–Trinajstić information content (AvgIpc) is 2.30. The van der Waals surface area contributed by atoms with Crippen LogP contribution in [0, 0.1) is 0 Å². The first-order chi connectivity index (χ1) is 8.13. The number of hydrogen-bond donors (Lipinski definition) is 1. The van der Waals surface area contributed by atoms with Gasteiger partial charge in [-0.1, -0.05) is 36.9 Å². The molecule has 0 bridgehead atoms. The molecule has 0 saturated heterocycles. The summed E-state index contributed by atoms with van der Waals surface area (Å²) in [5.41, 5.74) is 1.21. The van der Waals surface area contributed by atoms with E-state index in [2.05, 4.69) is 6.58 Å². The summed E-state index contributed by atoms with van der Waals surface area (Å²) >= 11 is 0. The van der Waals surface area contributed by atoms with Gasteiger partial charge in [0.25, 0.3) is 0 Å². The predicted octanol–water partition coefficient (Wildman–Crippen LogP) is 2.00. The molecule has 1 rings (SSSR count). The van der Waals surface area contributed by atoms with Crippen molar-refractivity contribution in [2.75, 3.05) is 13.2 Å². The number of ether oxygens (including phenoxy) is 1. The molecular formula is C13H17NO3. The smallest absolute Gasteiger partial charge is 0.334 e. The number of hydroxylamine groups is 2. The maximum absolute atomic E-state index is 11.3. The molecule has 0 amide bonds. The molecule has 0 aromatic heterocycles. The minimum absolute atomic E-state index is 0.0771. The van der Waals surface area contributed by atoms with Crippen LogP contribution >= 0.6 is 0 Å². The minimum Gasteiger partial charge on any atom is -0.463 e. The highest BCUT2D eigenvalue weighted by Gasteiger charge is 2.11. The van der Waals surface area contributed by atoms with Gasteiger partial charge in [-0.15, -0.1) is 0 Å². The molecule has 0 aliphatic rings. The number of carbonyl (C=O) groups is 1. The van der Waals surface area contributed by atoms with Gasteiger partial charge in [-0.3, -0.25) is 0 Å². The quantitative estimate of drug-likeness (QED) is 0.465. The number of hydrogen-bond acceptors (Lipinski definition) is 4. The summed E-state index contributed by atoms with van der Waals surface area (Å²) in [7, 11) is 0. The molecule has 0 saturated carbocycles. The van der Waals surface area contributed by atoms with Crippen molar-refractivity contribution in [2.24, 2.45) is 0 Å². The van der Waals surface area contributed by atoms with Crippen LogP contribution in [-0.4, -0.2) is 29.4 Å². The lowest BCUT2D eigenvalue weighted by atomic mass is 10.2. The Hall–Kier alpha value is -1.65. The van der Waals surface area contributed by atoms with E-state index < -0.39 is 5.97 Å². The average molecular weight is 235 g/mol. The van der Waals surface area contributed by atoms with E-state index >= 15 is 0 Å². The molecule has 17 heavy (non-hydrogen) atoms. The van der Waals surface area contributed by atoms with E-state index in [1.165, 1.54) is 0 Å². The van der Waals surface area contributed by atoms with Crippen LogP contribution < -0.4 is 0 Å². The van der Waals surface area contributed by atoms with E-state index in [1.54, 1.807) is 6.92 Å². The summed E-state index contributed by atoms with van der Waals surface area (Å²) < 4.78 is 4.78. The Morgan fingerprint density at radius 2 is 2.06 bits per heavy atom. The van der Waals surface area contributed by atoms with Crippen molar-refractivity contribution < 1.29 is 14.7 Å². The first kappa shape index (κ1) is 13.4. The second-order valence-corrected chi connectivity index (χ2v) is 3.63. The van der Waals surface area contributed by atoms with Crippen molar-refractivity contribution in [1.29, 1.82) is 0 Å². The normalized spacial score (nSPS) is 10.3. The summed E-state index contributed by atoms with van der Waals surface area (Å²) in [4.78, 5) is 11.3. The molecule has 0 aliphatic carbocycles. The maximum atomic E-state index is 11.3. The van der Waals surface area contributed by atoms with Crippen molar-refractivity contribution in [1.82, 2.24) is 5.06 Å². The number of nitrogens with zero attached hydrogens (tertiary/aromatic N) is 1. The minimum atomic E-state index is -0.473.